The molecule has 72 valence electrons. The number of nitrogens with zero attached hydrogens (tertiary/aromatic N) is 1. The van der Waals surface area contributed by atoms with Crippen LogP contribution in [0.25, 0.3) is 0 Å². The Morgan fingerprint density at radius 1 is 1.57 bits per heavy atom. The molecule has 0 N–H and O–H groups in total. The zero-order chi connectivity index (χ0) is 10.7. The summed E-state index contributed by atoms with van der Waals surface area (Å²) in [5.41, 5.74) is 1.21. The summed E-state index contributed by atoms with van der Waals surface area (Å²) in [6.45, 7) is 1.81. The highest BCUT2D eigenvalue weighted by Crippen LogP contribution is 2.25. The van der Waals surface area contributed by atoms with E-state index in [0.29, 0.717) is 5.75 Å². The van der Waals surface area contributed by atoms with E-state index in [1.807, 2.05) is 13.0 Å². The summed E-state index contributed by atoms with van der Waals surface area (Å²) >= 11 is 5.35. The normalized spacial score (nSPS) is 9.29. The summed E-state index contributed by atoms with van der Waals surface area (Å²) in [5.74, 6) is 0.335. The lowest BCUT2D eigenvalue weighted by Gasteiger charge is -2.07. The summed E-state index contributed by atoms with van der Waals surface area (Å²) in [4.78, 5) is 11.1. The molecule has 0 saturated carbocycles. The van der Waals surface area contributed by atoms with Crippen LogP contribution in [0.1, 0.15) is 21.5 Å². The standard InChI is InChI=1S/C10H8ClNO2/c1-6-3-7(5-12)9(10(11)13)8(4-6)14-2/h3-4H,1-2H3. The van der Waals surface area contributed by atoms with E-state index in [9.17, 15) is 4.79 Å². The van der Waals surface area contributed by atoms with E-state index in [0.717, 1.165) is 5.56 Å². The topological polar surface area (TPSA) is 50.1 Å². The van der Waals surface area contributed by atoms with Crippen LogP contribution in [0, 0.1) is 18.3 Å². The van der Waals surface area contributed by atoms with Crippen molar-refractivity contribution in [2.75, 3.05) is 7.11 Å². The van der Waals surface area contributed by atoms with Gasteiger partial charge in [0, 0.05) is 0 Å². The predicted octanol–water partition coefficient (Wildman–Crippen LogP) is 2.25. The van der Waals surface area contributed by atoms with E-state index in [-0.39, 0.29) is 11.1 Å². The van der Waals surface area contributed by atoms with Crippen molar-refractivity contribution in [1.82, 2.24) is 0 Å². The van der Waals surface area contributed by atoms with E-state index < -0.39 is 5.24 Å². The monoisotopic (exact) mass is 209 g/mol. The van der Waals surface area contributed by atoms with Crippen molar-refractivity contribution in [3.05, 3.63) is 28.8 Å². The smallest absolute Gasteiger partial charge is 0.257 e. The van der Waals surface area contributed by atoms with Crippen molar-refractivity contribution < 1.29 is 9.53 Å². The molecule has 1 aromatic rings. The maximum Gasteiger partial charge on any atom is 0.257 e. The molecule has 0 radical (unpaired) electrons. The van der Waals surface area contributed by atoms with Gasteiger partial charge in [-0.1, -0.05) is 0 Å². The Morgan fingerprint density at radius 2 is 2.21 bits per heavy atom. The molecule has 0 aliphatic carbocycles. The summed E-state index contributed by atoms with van der Waals surface area (Å²) in [7, 11) is 1.43. The number of ether oxygens (including phenoxy) is 1. The fraction of sp³-hybridized carbons (Fsp3) is 0.200. The largest absolute Gasteiger partial charge is 0.496 e. The highest BCUT2D eigenvalue weighted by atomic mass is 35.5. The molecule has 0 aromatic heterocycles. The molecule has 0 amide bonds. The van der Waals surface area contributed by atoms with Crippen molar-refractivity contribution in [2.45, 2.75) is 6.92 Å². The van der Waals surface area contributed by atoms with Gasteiger partial charge in [-0.2, -0.15) is 5.26 Å². The van der Waals surface area contributed by atoms with Crippen molar-refractivity contribution in [3.63, 3.8) is 0 Å². The fourth-order valence-electron chi connectivity index (χ4n) is 1.21. The van der Waals surface area contributed by atoms with Crippen LogP contribution < -0.4 is 4.74 Å². The Kier molecular flexibility index (Phi) is 3.10. The first-order valence-electron chi connectivity index (χ1n) is 3.88. The first-order valence-corrected chi connectivity index (χ1v) is 4.26. The van der Waals surface area contributed by atoms with Crippen molar-refractivity contribution >= 4 is 16.8 Å². The van der Waals surface area contributed by atoms with Gasteiger partial charge < -0.3 is 4.74 Å². The number of hydrogen-bond acceptors (Lipinski definition) is 3. The maximum atomic E-state index is 11.1. The first kappa shape index (κ1) is 10.6. The van der Waals surface area contributed by atoms with Crippen LogP contribution in [-0.2, 0) is 0 Å². The number of hydrogen-bond donors (Lipinski definition) is 0. The highest BCUT2D eigenvalue weighted by Gasteiger charge is 2.15. The zero-order valence-corrected chi connectivity index (χ0v) is 8.55. The quantitative estimate of drug-likeness (QED) is 0.702. The zero-order valence-electron chi connectivity index (χ0n) is 7.80. The average Bonchev–Trinajstić information content (AvgIpc) is 2.15. The minimum absolute atomic E-state index is 0.127. The summed E-state index contributed by atoms with van der Waals surface area (Å²) in [6, 6.07) is 5.17. The molecule has 1 aromatic carbocycles. The van der Waals surface area contributed by atoms with E-state index in [2.05, 4.69) is 0 Å². The number of aryl methyl sites for hydroxylation is 1. The molecular formula is C10H8ClNO2. The molecule has 3 nitrogen and oxygen atoms in total. The molecule has 0 fully saturated rings. The molecular weight excluding hydrogens is 202 g/mol. The second-order valence-electron chi connectivity index (χ2n) is 2.78. The van der Waals surface area contributed by atoms with Crippen molar-refractivity contribution in [2.24, 2.45) is 0 Å². The molecule has 4 heteroatoms. The van der Waals surface area contributed by atoms with Crippen molar-refractivity contribution in [3.8, 4) is 11.8 Å². The van der Waals surface area contributed by atoms with Crippen LogP contribution in [-0.4, -0.2) is 12.4 Å². The lowest BCUT2D eigenvalue weighted by molar-refractivity contribution is 0.107. The SMILES string of the molecule is COc1cc(C)cc(C#N)c1C(=O)Cl. The molecule has 0 spiro atoms. The molecule has 0 aliphatic rings. The van der Waals surface area contributed by atoms with E-state index in [1.54, 1.807) is 12.1 Å². The number of benzene rings is 1. The van der Waals surface area contributed by atoms with Crippen LogP contribution in [0.3, 0.4) is 0 Å². The van der Waals surface area contributed by atoms with Gasteiger partial charge in [-0.3, -0.25) is 4.79 Å². The molecule has 0 atom stereocenters. The average molecular weight is 210 g/mol. The van der Waals surface area contributed by atoms with Gasteiger partial charge in [0.15, 0.2) is 0 Å². The van der Waals surface area contributed by atoms with Gasteiger partial charge in [0.2, 0.25) is 0 Å². The number of halogens is 1. The van der Waals surface area contributed by atoms with Gasteiger partial charge in [-0.25, -0.2) is 0 Å². The van der Waals surface area contributed by atoms with Crippen molar-refractivity contribution in [1.29, 1.82) is 5.26 Å². The van der Waals surface area contributed by atoms with Crippen LogP contribution in [0.15, 0.2) is 12.1 Å². The van der Waals surface area contributed by atoms with E-state index >= 15 is 0 Å². The Morgan fingerprint density at radius 3 is 2.64 bits per heavy atom. The molecule has 0 heterocycles. The molecule has 14 heavy (non-hydrogen) atoms. The Labute approximate surface area is 86.9 Å². The Balaban J connectivity index is 3.50. The van der Waals surface area contributed by atoms with Gasteiger partial charge in [-0.05, 0) is 36.2 Å². The third-order valence-electron chi connectivity index (χ3n) is 1.78. The molecule has 0 bridgehead atoms. The minimum Gasteiger partial charge on any atom is -0.496 e. The van der Waals surface area contributed by atoms with Gasteiger partial charge in [0.25, 0.3) is 5.24 Å². The summed E-state index contributed by atoms with van der Waals surface area (Å²) in [5, 5.41) is 8.11. The second-order valence-corrected chi connectivity index (χ2v) is 3.12. The number of rotatable bonds is 2. The molecule has 0 unspecified atom stereocenters. The third-order valence-corrected chi connectivity index (χ3v) is 1.97. The molecule has 0 saturated heterocycles. The van der Waals surface area contributed by atoms with Crippen LogP contribution in [0.4, 0.5) is 0 Å². The number of methoxy groups -OCH3 is 1. The van der Waals surface area contributed by atoms with Gasteiger partial charge in [0.1, 0.15) is 11.8 Å². The van der Waals surface area contributed by atoms with Crippen LogP contribution in [0.5, 0.6) is 5.75 Å². The van der Waals surface area contributed by atoms with Gasteiger partial charge in [-0.15, -0.1) is 0 Å². The number of nitriles is 1. The summed E-state index contributed by atoms with van der Waals surface area (Å²) < 4.78 is 4.97. The number of carbonyl (C=O) groups excluding carboxylic acids is 1. The minimum atomic E-state index is -0.682. The molecule has 1 rings (SSSR count). The summed E-state index contributed by atoms with van der Waals surface area (Å²) in [6.07, 6.45) is 0. The Hall–Kier alpha value is -1.53. The van der Waals surface area contributed by atoms with Gasteiger partial charge in [0.05, 0.1) is 18.2 Å². The van der Waals surface area contributed by atoms with E-state index in [1.165, 1.54) is 7.11 Å². The Bertz CT molecular complexity index is 421. The fourth-order valence-corrected chi connectivity index (χ4v) is 1.40. The second kappa shape index (κ2) is 4.12. The predicted molar refractivity (Wildman–Crippen MR) is 52.6 cm³/mol. The van der Waals surface area contributed by atoms with Crippen LogP contribution >= 0.6 is 11.6 Å². The van der Waals surface area contributed by atoms with E-state index in [4.69, 9.17) is 21.6 Å². The first-order chi connectivity index (χ1) is 6.60. The van der Waals surface area contributed by atoms with Crippen LogP contribution in [0.2, 0.25) is 0 Å². The molecule has 0 aliphatic heterocycles. The number of carbonyl (C=O) groups is 1. The highest BCUT2D eigenvalue weighted by molar-refractivity contribution is 6.68. The van der Waals surface area contributed by atoms with Gasteiger partial charge >= 0.3 is 0 Å². The third kappa shape index (κ3) is 1.86. The maximum absolute atomic E-state index is 11.1. The lowest BCUT2D eigenvalue weighted by atomic mass is 10.1. The lowest BCUT2D eigenvalue weighted by Crippen LogP contribution is -2.00.